The van der Waals surface area contributed by atoms with E-state index in [1.807, 2.05) is 4.90 Å². The van der Waals surface area contributed by atoms with Crippen molar-refractivity contribution in [3.8, 4) is 0 Å². The van der Waals surface area contributed by atoms with Gasteiger partial charge < -0.3 is 19.6 Å². The Kier molecular flexibility index (Phi) is 6.08. The average Bonchev–Trinajstić information content (AvgIpc) is 2.54. The van der Waals surface area contributed by atoms with E-state index in [1.165, 1.54) is 7.11 Å². The molecule has 2 heterocycles. The number of methoxy groups -OCH3 is 1. The molecule has 9 heteroatoms. The van der Waals surface area contributed by atoms with E-state index in [1.54, 1.807) is 0 Å². The highest BCUT2D eigenvalue weighted by Gasteiger charge is 2.22. The highest BCUT2D eigenvalue weighted by atomic mass is 16.5. The summed E-state index contributed by atoms with van der Waals surface area (Å²) >= 11 is 0. The maximum atomic E-state index is 12.6. The van der Waals surface area contributed by atoms with Gasteiger partial charge in [0.1, 0.15) is 5.69 Å². The Morgan fingerprint density at radius 3 is 2.65 bits per heavy atom. The smallest absolute Gasteiger partial charge is 0.352 e. The van der Waals surface area contributed by atoms with E-state index in [4.69, 9.17) is 9.47 Å². The third-order valence-corrected chi connectivity index (χ3v) is 3.71. The Labute approximate surface area is 132 Å². The molecule has 2 N–H and O–H groups in total. The van der Waals surface area contributed by atoms with Crippen molar-refractivity contribution in [3.63, 3.8) is 0 Å². The molecular weight excluding hydrogens is 306 g/mol. The molecule has 23 heavy (non-hydrogen) atoms. The Morgan fingerprint density at radius 2 is 2.04 bits per heavy atom. The van der Waals surface area contributed by atoms with Crippen molar-refractivity contribution < 1.29 is 19.4 Å². The number of nitrogens with zero attached hydrogens (tertiary/aromatic N) is 2. The average molecular weight is 327 g/mol. The van der Waals surface area contributed by atoms with Gasteiger partial charge >= 0.3 is 11.7 Å². The molecule has 0 saturated carbocycles. The van der Waals surface area contributed by atoms with Crippen molar-refractivity contribution in [2.75, 3.05) is 40.0 Å². The van der Waals surface area contributed by atoms with E-state index in [2.05, 4.69) is 4.98 Å². The lowest BCUT2D eigenvalue weighted by atomic mass is 10.2. The first kappa shape index (κ1) is 17.4. The van der Waals surface area contributed by atoms with Crippen molar-refractivity contribution in [2.24, 2.45) is 0 Å². The number of aromatic carboxylic acids is 1. The zero-order valence-electron chi connectivity index (χ0n) is 13.0. The second-order valence-electron chi connectivity index (χ2n) is 5.28. The molecule has 0 spiro atoms. The number of nitrogens with one attached hydrogen (secondary N) is 1. The molecule has 0 bridgehead atoms. The first-order chi connectivity index (χ1) is 11.0. The number of carbonyl (C=O) groups is 1. The molecule has 0 atom stereocenters. The summed E-state index contributed by atoms with van der Waals surface area (Å²) in [6, 6.07) is 0. The highest BCUT2D eigenvalue weighted by molar-refractivity contribution is 5.86. The largest absolute Gasteiger partial charge is 0.477 e. The van der Waals surface area contributed by atoms with E-state index in [0.29, 0.717) is 39.3 Å². The first-order valence-electron chi connectivity index (χ1n) is 7.43. The van der Waals surface area contributed by atoms with E-state index in [0.717, 1.165) is 4.57 Å². The Bertz CT molecular complexity index is 659. The van der Waals surface area contributed by atoms with Crippen LogP contribution in [0.15, 0.2) is 9.59 Å². The number of carboxylic acid groups (broad SMARTS) is 1. The van der Waals surface area contributed by atoms with Gasteiger partial charge in [-0.25, -0.2) is 9.59 Å². The summed E-state index contributed by atoms with van der Waals surface area (Å²) in [6.07, 6.45) is 0.489. The number of aromatic amines is 1. The lowest BCUT2D eigenvalue weighted by molar-refractivity contribution is 0.0335. The molecule has 0 unspecified atom stereocenters. The van der Waals surface area contributed by atoms with Crippen LogP contribution >= 0.6 is 0 Å². The third kappa shape index (κ3) is 4.27. The van der Waals surface area contributed by atoms with Gasteiger partial charge in [-0.3, -0.25) is 14.3 Å². The number of rotatable bonds is 7. The van der Waals surface area contributed by atoms with Crippen molar-refractivity contribution in [1.29, 1.82) is 0 Å². The molecule has 0 aliphatic carbocycles. The fourth-order valence-corrected chi connectivity index (χ4v) is 2.49. The number of hydrogen-bond donors (Lipinski definition) is 2. The molecule has 128 valence electrons. The van der Waals surface area contributed by atoms with Crippen molar-refractivity contribution in [1.82, 2.24) is 14.5 Å². The lowest BCUT2D eigenvalue weighted by Crippen LogP contribution is -2.43. The fourth-order valence-electron chi connectivity index (χ4n) is 2.49. The first-order valence-corrected chi connectivity index (χ1v) is 7.43. The van der Waals surface area contributed by atoms with Crippen LogP contribution < -0.4 is 11.2 Å². The molecule has 1 aliphatic heterocycles. The van der Waals surface area contributed by atoms with Crippen LogP contribution in [0.1, 0.15) is 22.5 Å². The summed E-state index contributed by atoms with van der Waals surface area (Å²) in [5.74, 6) is -1.31. The molecule has 1 aromatic heterocycles. The maximum absolute atomic E-state index is 12.6. The predicted octanol–water partition coefficient (Wildman–Crippen LogP) is -0.896. The number of ether oxygens (including phenoxy) is 2. The van der Waals surface area contributed by atoms with Crippen LogP contribution in [0.3, 0.4) is 0 Å². The van der Waals surface area contributed by atoms with Gasteiger partial charge in [-0.15, -0.1) is 0 Å². The molecule has 1 fully saturated rings. The second kappa shape index (κ2) is 8.04. The number of carboxylic acids is 1. The lowest BCUT2D eigenvalue weighted by Gasteiger charge is -2.26. The zero-order chi connectivity index (χ0) is 16.8. The summed E-state index contributed by atoms with van der Waals surface area (Å²) in [7, 11) is 1.53. The van der Waals surface area contributed by atoms with Crippen LogP contribution in [0.2, 0.25) is 0 Å². The topological polar surface area (TPSA) is 114 Å². The van der Waals surface area contributed by atoms with Crippen LogP contribution in [0.25, 0.3) is 0 Å². The van der Waals surface area contributed by atoms with E-state index in [9.17, 15) is 19.5 Å². The van der Waals surface area contributed by atoms with Crippen LogP contribution in [0, 0.1) is 0 Å². The van der Waals surface area contributed by atoms with E-state index < -0.39 is 17.2 Å². The molecule has 1 saturated heterocycles. The van der Waals surface area contributed by atoms with Crippen LogP contribution in [0.4, 0.5) is 0 Å². The van der Waals surface area contributed by atoms with Crippen molar-refractivity contribution in [2.45, 2.75) is 19.5 Å². The van der Waals surface area contributed by atoms with Gasteiger partial charge in [0.2, 0.25) is 0 Å². The Hall–Kier alpha value is -1.97. The minimum Gasteiger partial charge on any atom is -0.477 e. The van der Waals surface area contributed by atoms with Crippen molar-refractivity contribution >= 4 is 5.97 Å². The number of hydrogen-bond acceptors (Lipinski definition) is 6. The Morgan fingerprint density at radius 1 is 1.35 bits per heavy atom. The van der Waals surface area contributed by atoms with Crippen molar-refractivity contribution in [3.05, 3.63) is 32.1 Å². The molecular formula is C14H21N3O6. The van der Waals surface area contributed by atoms with Crippen LogP contribution in [-0.2, 0) is 22.6 Å². The SMILES string of the molecule is COCCCn1c(=O)[nH]c(C(=O)O)c(CN2CCOCC2)c1=O. The summed E-state index contributed by atoms with van der Waals surface area (Å²) in [4.78, 5) is 40.1. The quantitative estimate of drug-likeness (QED) is 0.624. The monoisotopic (exact) mass is 327 g/mol. The maximum Gasteiger partial charge on any atom is 0.352 e. The number of H-pyrrole nitrogens is 1. The summed E-state index contributed by atoms with van der Waals surface area (Å²) < 4.78 is 11.2. The van der Waals surface area contributed by atoms with E-state index >= 15 is 0 Å². The van der Waals surface area contributed by atoms with Gasteiger partial charge in [0.25, 0.3) is 5.56 Å². The molecule has 0 aromatic carbocycles. The molecule has 9 nitrogen and oxygen atoms in total. The predicted molar refractivity (Wildman–Crippen MR) is 80.9 cm³/mol. The third-order valence-electron chi connectivity index (χ3n) is 3.71. The van der Waals surface area contributed by atoms with Crippen LogP contribution in [-0.4, -0.2) is 65.5 Å². The van der Waals surface area contributed by atoms with Gasteiger partial charge in [0, 0.05) is 39.9 Å². The van der Waals surface area contributed by atoms with Gasteiger partial charge in [0.05, 0.1) is 18.8 Å². The zero-order valence-corrected chi connectivity index (χ0v) is 13.0. The van der Waals surface area contributed by atoms with Gasteiger partial charge in [0.15, 0.2) is 0 Å². The molecule has 2 rings (SSSR count). The Balaban J connectivity index is 2.35. The minimum absolute atomic E-state index is 0.0939. The van der Waals surface area contributed by atoms with Gasteiger partial charge in [-0.05, 0) is 6.42 Å². The normalized spacial score (nSPS) is 15.7. The number of morpholine rings is 1. The molecule has 1 aliphatic rings. The summed E-state index contributed by atoms with van der Waals surface area (Å²) in [5, 5.41) is 9.27. The van der Waals surface area contributed by atoms with E-state index in [-0.39, 0.29) is 24.3 Å². The standard InChI is InChI=1S/C14H21N3O6/c1-22-6-2-3-17-12(18)10(9-16-4-7-23-8-5-16)11(13(19)20)15-14(17)21/h2-9H2,1H3,(H,15,21)(H,19,20). The number of aromatic nitrogens is 2. The highest BCUT2D eigenvalue weighted by Crippen LogP contribution is 2.06. The molecule has 1 aromatic rings. The van der Waals surface area contributed by atoms with Gasteiger partial charge in [-0.2, -0.15) is 0 Å². The van der Waals surface area contributed by atoms with Crippen LogP contribution in [0.5, 0.6) is 0 Å². The minimum atomic E-state index is -1.31. The second-order valence-corrected chi connectivity index (χ2v) is 5.28. The fraction of sp³-hybridized carbons (Fsp3) is 0.643. The van der Waals surface area contributed by atoms with Gasteiger partial charge in [-0.1, -0.05) is 0 Å². The molecule has 0 amide bonds. The summed E-state index contributed by atoms with van der Waals surface area (Å²) in [5.41, 5.74) is -1.52. The molecule has 0 radical (unpaired) electrons. The summed E-state index contributed by atoms with van der Waals surface area (Å²) in [6.45, 7) is 3.05.